The van der Waals surface area contributed by atoms with Crippen molar-refractivity contribution in [3.63, 3.8) is 0 Å². The molecule has 0 bridgehead atoms. The number of benzene rings is 1. The van der Waals surface area contributed by atoms with Crippen molar-refractivity contribution in [3.8, 4) is 6.07 Å². The van der Waals surface area contributed by atoms with Crippen molar-refractivity contribution in [3.05, 3.63) is 45.5 Å². The van der Waals surface area contributed by atoms with Crippen LogP contribution in [0.15, 0.2) is 34.9 Å². The first-order chi connectivity index (χ1) is 11.5. The number of amides is 1. The molecule has 0 spiro atoms. The third-order valence-corrected chi connectivity index (χ3v) is 5.00. The van der Waals surface area contributed by atoms with Crippen LogP contribution >= 0.6 is 23.4 Å². The number of esters is 1. The molecule has 24 heavy (non-hydrogen) atoms. The molecule has 0 radical (unpaired) electrons. The minimum Gasteiger partial charge on any atom is -0.465 e. The summed E-state index contributed by atoms with van der Waals surface area (Å²) in [5.74, 6) is -1.02. The van der Waals surface area contributed by atoms with Crippen LogP contribution in [0.2, 0.25) is 5.02 Å². The van der Waals surface area contributed by atoms with E-state index in [-0.39, 0.29) is 24.9 Å². The Morgan fingerprint density at radius 3 is 2.88 bits per heavy atom. The monoisotopic (exact) mass is 364 g/mol. The van der Waals surface area contributed by atoms with E-state index in [4.69, 9.17) is 16.3 Å². The van der Waals surface area contributed by atoms with Gasteiger partial charge in [0.15, 0.2) is 0 Å². The maximum atomic E-state index is 12.1. The molecule has 0 saturated heterocycles. The molecule has 0 aliphatic carbocycles. The number of halogens is 1. The minimum absolute atomic E-state index is 0.143. The first-order valence-electron chi connectivity index (χ1n) is 7.49. The van der Waals surface area contributed by atoms with Gasteiger partial charge in [-0.3, -0.25) is 9.59 Å². The lowest BCUT2D eigenvalue weighted by Crippen LogP contribution is -2.32. The predicted molar refractivity (Wildman–Crippen MR) is 93.3 cm³/mol. The Hall–Kier alpha value is -1.97. The summed E-state index contributed by atoms with van der Waals surface area (Å²) >= 11 is 7.34. The number of nitrogens with zero attached hydrogens (tertiary/aromatic N) is 1. The molecule has 2 rings (SSSR count). The number of thioether (sulfide) groups is 1. The largest absolute Gasteiger partial charge is 0.465 e. The number of ether oxygens (including phenoxy) is 1. The molecule has 2 atom stereocenters. The molecule has 0 aromatic heterocycles. The molecule has 1 aromatic carbocycles. The van der Waals surface area contributed by atoms with Gasteiger partial charge in [0.1, 0.15) is 5.25 Å². The summed E-state index contributed by atoms with van der Waals surface area (Å²) in [6.07, 6.45) is 0.143. The summed E-state index contributed by atoms with van der Waals surface area (Å²) in [4.78, 5) is 23.9. The fraction of sp³-hybridized carbons (Fsp3) is 0.353. The van der Waals surface area contributed by atoms with E-state index in [0.717, 1.165) is 17.3 Å². The highest BCUT2D eigenvalue weighted by molar-refractivity contribution is 8.04. The van der Waals surface area contributed by atoms with Gasteiger partial charge < -0.3 is 10.1 Å². The smallest absolute Gasteiger partial charge is 0.319 e. The van der Waals surface area contributed by atoms with Gasteiger partial charge in [0.05, 0.1) is 23.3 Å². The van der Waals surface area contributed by atoms with Crippen molar-refractivity contribution in [2.75, 3.05) is 6.61 Å². The highest BCUT2D eigenvalue weighted by atomic mass is 35.5. The standard InChI is InChI=1S/C17H17ClN2O3S/c1-3-23-17(22)10(2)24-16-13(9-19)12(8-15(21)20-16)11-6-4-5-7-14(11)18/h4-7,10,12H,3,8H2,1-2H3,(H,20,21)/t10-,12-/m1/s1. The van der Waals surface area contributed by atoms with Gasteiger partial charge in [0.2, 0.25) is 5.91 Å². The lowest BCUT2D eigenvalue weighted by atomic mass is 9.87. The maximum absolute atomic E-state index is 12.1. The number of hydrogen-bond acceptors (Lipinski definition) is 5. The van der Waals surface area contributed by atoms with E-state index >= 15 is 0 Å². The Balaban J connectivity index is 2.37. The molecular weight excluding hydrogens is 348 g/mol. The average Bonchev–Trinajstić information content (AvgIpc) is 2.55. The Labute approximate surface area is 150 Å². The van der Waals surface area contributed by atoms with Crippen LogP contribution in [0.3, 0.4) is 0 Å². The van der Waals surface area contributed by atoms with Crippen LogP contribution in [0.25, 0.3) is 0 Å². The minimum atomic E-state index is -0.534. The van der Waals surface area contributed by atoms with Crippen LogP contribution in [0, 0.1) is 11.3 Å². The van der Waals surface area contributed by atoms with E-state index in [1.165, 1.54) is 0 Å². The molecule has 1 heterocycles. The zero-order valence-corrected chi connectivity index (χ0v) is 14.9. The van der Waals surface area contributed by atoms with Gasteiger partial charge in [0, 0.05) is 17.4 Å². The Morgan fingerprint density at radius 1 is 1.54 bits per heavy atom. The number of allylic oxidation sites excluding steroid dienone is 1. The van der Waals surface area contributed by atoms with Gasteiger partial charge in [-0.2, -0.15) is 5.26 Å². The molecular formula is C17H17ClN2O3S. The summed E-state index contributed by atoms with van der Waals surface area (Å²) in [6.45, 7) is 3.68. The van der Waals surface area contributed by atoms with Crippen LogP contribution in [-0.2, 0) is 14.3 Å². The van der Waals surface area contributed by atoms with Gasteiger partial charge >= 0.3 is 5.97 Å². The van der Waals surface area contributed by atoms with Crippen molar-refractivity contribution in [2.45, 2.75) is 31.4 Å². The van der Waals surface area contributed by atoms with E-state index in [1.807, 2.05) is 6.07 Å². The fourth-order valence-electron chi connectivity index (χ4n) is 2.42. The number of hydrogen-bond donors (Lipinski definition) is 1. The second-order valence-electron chi connectivity index (χ2n) is 5.19. The van der Waals surface area contributed by atoms with Crippen LogP contribution in [0.5, 0.6) is 0 Å². The third kappa shape index (κ3) is 4.11. The van der Waals surface area contributed by atoms with Crippen molar-refractivity contribution in [1.29, 1.82) is 5.26 Å². The first-order valence-corrected chi connectivity index (χ1v) is 8.75. The molecule has 5 nitrogen and oxygen atoms in total. The highest BCUT2D eigenvalue weighted by Crippen LogP contribution is 2.39. The fourth-order valence-corrected chi connectivity index (χ4v) is 3.69. The van der Waals surface area contributed by atoms with Crippen molar-refractivity contribution in [1.82, 2.24) is 5.32 Å². The second-order valence-corrected chi connectivity index (χ2v) is 6.95. The number of carbonyl (C=O) groups is 2. The Morgan fingerprint density at radius 2 is 2.25 bits per heavy atom. The Bertz CT molecular complexity index is 727. The van der Waals surface area contributed by atoms with Crippen LogP contribution in [0.4, 0.5) is 0 Å². The SMILES string of the molecule is CCOC(=O)[C@@H](C)SC1=C(C#N)[C@@H](c2ccccc2Cl)CC(=O)N1. The number of nitriles is 1. The van der Waals surface area contributed by atoms with E-state index in [1.54, 1.807) is 32.0 Å². The third-order valence-electron chi connectivity index (χ3n) is 3.55. The molecule has 1 amide bonds. The van der Waals surface area contributed by atoms with Crippen molar-refractivity contribution >= 4 is 35.2 Å². The van der Waals surface area contributed by atoms with E-state index in [0.29, 0.717) is 15.6 Å². The summed E-state index contributed by atoms with van der Waals surface area (Å²) in [5.41, 5.74) is 1.14. The molecule has 1 N–H and O–H groups in total. The molecule has 0 saturated carbocycles. The molecule has 0 fully saturated rings. The molecule has 1 aliphatic heterocycles. The van der Waals surface area contributed by atoms with E-state index < -0.39 is 11.2 Å². The quantitative estimate of drug-likeness (QED) is 0.810. The lowest BCUT2D eigenvalue weighted by molar-refractivity contribution is -0.142. The first kappa shape index (κ1) is 18.4. The predicted octanol–water partition coefficient (Wildman–Crippen LogP) is 3.36. The number of rotatable bonds is 5. The summed E-state index contributed by atoms with van der Waals surface area (Å²) in [6, 6.07) is 9.31. The molecule has 126 valence electrons. The molecule has 7 heteroatoms. The van der Waals surface area contributed by atoms with Gasteiger partial charge in [-0.05, 0) is 25.5 Å². The average molecular weight is 365 g/mol. The van der Waals surface area contributed by atoms with Gasteiger partial charge in [-0.15, -0.1) is 0 Å². The van der Waals surface area contributed by atoms with Gasteiger partial charge in [0.25, 0.3) is 0 Å². The topological polar surface area (TPSA) is 79.2 Å². The summed E-state index contributed by atoms with van der Waals surface area (Å²) in [5, 5.41) is 12.6. The maximum Gasteiger partial charge on any atom is 0.319 e. The number of carbonyl (C=O) groups excluding carboxylic acids is 2. The van der Waals surface area contributed by atoms with Gasteiger partial charge in [-0.1, -0.05) is 41.6 Å². The van der Waals surface area contributed by atoms with Crippen molar-refractivity contribution < 1.29 is 14.3 Å². The van der Waals surface area contributed by atoms with Crippen LogP contribution < -0.4 is 5.32 Å². The lowest BCUT2D eigenvalue weighted by Gasteiger charge is -2.26. The highest BCUT2D eigenvalue weighted by Gasteiger charge is 2.32. The summed E-state index contributed by atoms with van der Waals surface area (Å²) in [7, 11) is 0. The summed E-state index contributed by atoms with van der Waals surface area (Å²) < 4.78 is 4.97. The van der Waals surface area contributed by atoms with Crippen molar-refractivity contribution in [2.24, 2.45) is 0 Å². The van der Waals surface area contributed by atoms with Crippen LogP contribution in [0.1, 0.15) is 31.7 Å². The van der Waals surface area contributed by atoms with E-state index in [2.05, 4.69) is 11.4 Å². The number of nitrogens with one attached hydrogen (secondary N) is 1. The van der Waals surface area contributed by atoms with E-state index in [9.17, 15) is 14.9 Å². The van der Waals surface area contributed by atoms with Crippen LogP contribution in [-0.4, -0.2) is 23.7 Å². The normalized spacial score (nSPS) is 18.6. The Kier molecular flexibility index (Phi) is 6.29. The second kappa shape index (κ2) is 8.22. The molecule has 0 unspecified atom stereocenters. The molecule has 1 aliphatic rings. The van der Waals surface area contributed by atoms with Gasteiger partial charge in [-0.25, -0.2) is 0 Å². The zero-order chi connectivity index (χ0) is 17.7. The zero-order valence-electron chi connectivity index (χ0n) is 13.3. The molecule has 1 aromatic rings.